The van der Waals surface area contributed by atoms with Gasteiger partial charge in [-0.25, -0.2) is 4.79 Å². The fourth-order valence-corrected chi connectivity index (χ4v) is 2.74. The van der Waals surface area contributed by atoms with Crippen LogP contribution in [0.3, 0.4) is 0 Å². The van der Waals surface area contributed by atoms with Gasteiger partial charge in [0.05, 0.1) is 7.11 Å². The summed E-state index contributed by atoms with van der Waals surface area (Å²) >= 11 is 1.52. The predicted octanol–water partition coefficient (Wildman–Crippen LogP) is 1.76. The summed E-state index contributed by atoms with van der Waals surface area (Å²) in [5, 5.41) is 4.86. The zero-order chi connectivity index (χ0) is 12.5. The number of hydrogen-bond acceptors (Lipinski definition) is 6. The molecule has 0 aromatic heterocycles. The van der Waals surface area contributed by atoms with E-state index >= 15 is 0 Å². The number of fused-ring (bicyclic) bond motifs is 1. The molecule has 1 unspecified atom stereocenters. The first-order valence-corrected chi connectivity index (χ1v) is 6.32. The van der Waals surface area contributed by atoms with E-state index in [1.54, 1.807) is 5.41 Å². The molecule has 1 aromatic carbocycles. The second-order valence-electron chi connectivity index (χ2n) is 3.80. The Kier molecular flexibility index (Phi) is 2.79. The van der Waals surface area contributed by atoms with Gasteiger partial charge in [-0.15, -0.1) is 11.8 Å². The Bertz CT molecular complexity index is 529. The quantitative estimate of drug-likeness (QED) is 0.822. The minimum Gasteiger partial charge on any atom is -0.464 e. The van der Waals surface area contributed by atoms with Crippen LogP contribution < -0.4 is 14.8 Å². The summed E-state index contributed by atoms with van der Waals surface area (Å²) in [6.45, 7) is 0.260. The number of nitrogens with one attached hydrogen (secondary N) is 1. The standard InChI is InChI=1S/C12H11NO4S/c1-15-12(14)8-5-18-11(13-8)7-2-3-9-10(4-7)17-6-16-9/h2-5,11,13H,6H2,1H3. The van der Waals surface area contributed by atoms with Gasteiger partial charge < -0.3 is 19.5 Å². The summed E-state index contributed by atoms with van der Waals surface area (Å²) in [5.41, 5.74) is 1.50. The molecule has 1 atom stereocenters. The number of thioether (sulfide) groups is 1. The van der Waals surface area contributed by atoms with Gasteiger partial charge in [-0.2, -0.15) is 0 Å². The number of esters is 1. The van der Waals surface area contributed by atoms with Crippen LogP contribution in [0.15, 0.2) is 29.3 Å². The van der Waals surface area contributed by atoms with Crippen molar-refractivity contribution in [1.29, 1.82) is 0 Å². The monoisotopic (exact) mass is 265 g/mol. The van der Waals surface area contributed by atoms with Gasteiger partial charge in [0.2, 0.25) is 6.79 Å². The molecular formula is C12H11NO4S. The van der Waals surface area contributed by atoms with Crippen LogP contribution in [0.2, 0.25) is 0 Å². The normalized spacial score (nSPS) is 20.3. The van der Waals surface area contributed by atoms with Crippen LogP contribution in [-0.4, -0.2) is 19.9 Å². The summed E-state index contributed by atoms with van der Waals surface area (Å²) in [4.78, 5) is 11.4. The van der Waals surface area contributed by atoms with E-state index in [-0.39, 0.29) is 18.1 Å². The van der Waals surface area contributed by atoms with Gasteiger partial charge in [-0.1, -0.05) is 6.07 Å². The van der Waals surface area contributed by atoms with Gasteiger partial charge in [-0.3, -0.25) is 0 Å². The summed E-state index contributed by atoms with van der Waals surface area (Å²) in [7, 11) is 1.36. The molecule has 6 heteroatoms. The van der Waals surface area contributed by atoms with Gasteiger partial charge in [-0.05, 0) is 17.7 Å². The van der Waals surface area contributed by atoms with Crippen molar-refractivity contribution in [1.82, 2.24) is 5.32 Å². The molecule has 0 spiro atoms. The van der Waals surface area contributed by atoms with Gasteiger partial charge in [0.25, 0.3) is 0 Å². The highest BCUT2D eigenvalue weighted by Gasteiger charge is 2.25. The molecule has 0 bridgehead atoms. The molecule has 0 saturated carbocycles. The molecule has 2 aliphatic rings. The Morgan fingerprint density at radius 1 is 1.44 bits per heavy atom. The summed E-state index contributed by atoms with van der Waals surface area (Å²) in [6.07, 6.45) is 0. The molecule has 1 N–H and O–H groups in total. The number of rotatable bonds is 2. The Balaban J connectivity index is 1.76. The van der Waals surface area contributed by atoms with Gasteiger partial charge in [0.15, 0.2) is 11.5 Å². The zero-order valence-electron chi connectivity index (χ0n) is 9.64. The number of carbonyl (C=O) groups excluding carboxylic acids is 1. The highest BCUT2D eigenvalue weighted by Crippen LogP contribution is 2.39. The van der Waals surface area contributed by atoms with Crippen LogP contribution in [0.1, 0.15) is 10.9 Å². The van der Waals surface area contributed by atoms with Crippen molar-refractivity contribution in [2.24, 2.45) is 0 Å². The molecule has 2 heterocycles. The first-order chi connectivity index (χ1) is 8.78. The first-order valence-electron chi connectivity index (χ1n) is 5.38. The number of hydrogen-bond donors (Lipinski definition) is 1. The van der Waals surface area contributed by atoms with Crippen molar-refractivity contribution >= 4 is 17.7 Å². The van der Waals surface area contributed by atoms with Crippen LogP contribution in [0.4, 0.5) is 0 Å². The van der Waals surface area contributed by atoms with Gasteiger partial charge in [0, 0.05) is 5.41 Å². The van der Waals surface area contributed by atoms with Crippen molar-refractivity contribution in [2.75, 3.05) is 13.9 Å². The van der Waals surface area contributed by atoms with Crippen LogP contribution in [0.25, 0.3) is 0 Å². The lowest BCUT2D eigenvalue weighted by Gasteiger charge is -2.12. The molecular weight excluding hydrogens is 254 g/mol. The van der Waals surface area contributed by atoms with Crippen molar-refractivity contribution in [3.63, 3.8) is 0 Å². The summed E-state index contributed by atoms with van der Waals surface area (Å²) in [5.74, 6) is 1.13. The van der Waals surface area contributed by atoms with E-state index < -0.39 is 0 Å². The van der Waals surface area contributed by atoms with Crippen LogP contribution in [0.5, 0.6) is 11.5 Å². The Morgan fingerprint density at radius 2 is 2.28 bits per heavy atom. The SMILES string of the molecule is COC(=O)C1=CSC(c2ccc3c(c2)OCO3)N1. The van der Waals surface area contributed by atoms with E-state index in [1.165, 1.54) is 18.9 Å². The molecule has 0 fully saturated rings. The minimum atomic E-state index is -0.356. The van der Waals surface area contributed by atoms with Gasteiger partial charge in [0.1, 0.15) is 11.1 Å². The molecule has 0 aliphatic carbocycles. The van der Waals surface area contributed by atoms with E-state index in [1.807, 2.05) is 18.2 Å². The smallest absolute Gasteiger partial charge is 0.354 e. The second-order valence-corrected chi connectivity index (χ2v) is 4.78. The Labute approximate surface area is 108 Å². The van der Waals surface area contributed by atoms with E-state index in [9.17, 15) is 4.79 Å². The van der Waals surface area contributed by atoms with Crippen LogP contribution in [0, 0.1) is 0 Å². The fraction of sp³-hybridized carbons (Fsp3) is 0.250. The number of benzene rings is 1. The predicted molar refractivity (Wildman–Crippen MR) is 66.1 cm³/mol. The van der Waals surface area contributed by atoms with Crippen molar-refractivity contribution in [2.45, 2.75) is 5.37 Å². The first kappa shape index (κ1) is 11.3. The maximum absolute atomic E-state index is 11.4. The molecule has 5 nitrogen and oxygen atoms in total. The van der Waals surface area contributed by atoms with Crippen molar-refractivity contribution in [3.05, 3.63) is 34.9 Å². The number of methoxy groups -OCH3 is 1. The van der Waals surface area contributed by atoms with Crippen molar-refractivity contribution < 1.29 is 19.0 Å². The zero-order valence-corrected chi connectivity index (χ0v) is 10.5. The van der Waals surface area contributed by atoms with Crippen LogP contribution in [-0.2, 0) is 9.53 Å². The summed E-state index contributed by atoms with van der Waals surface area (Å²) < 4.78 is 15.2. The fourth-order valence-electron chi connectivity index (χ4n) is 1.80. The Hall–Kier alpha value is -1.82. The van der Waals surface area contributed by atoms with E-state index in [4.69, 9.17) is 9.47 Å². The third-order valence-electron chi connectivity index (χ3n) is 2.71. The molecule has 3 rings (SSSR count). The second kappa shape index (κ2) is 4.45. The molecule has 0 saturated heterocycles. The lowest BCUT2D eigenvalue weighted by molar-refractivity contribution is -0.136. The average molecular weight is 265 g/mol. The topological polar surface area (TPSA) is 56.8 Å². The molecule has 2 aliphatic heterocycles. The maximum Gasteiger partial charge on any atom is 0.354 e. The lowest BCUT2D eigenvalue weighted by atomic mass is 10.2. The third-order valence-corrected chi connectivity index (χ3v) is 3.75. The van der Waals surface area contributed by atoms with Crippen molar-refractivity contribution in [3.8, 4) is 11.5 Å². The molecule has 94 valence electrons. The molecule has 18 heavy (non-hydrogen) atoms. The number of ether oxygens (including phenoxy) is 3. The largest absolute Gasteiger partial charge is 0.464 e. The lowest BCUT2D eigenvalue weighted by Crippen LogP contribution is -2.20. The van der Waals surface area contributed by atoms with Gasteiger partial charge >= 0.3 is 5.97 Å². The average Bonchev–Trinajstić information content (AvgIpc) is 3.05. The van der Waals surface area contributed by atoms with Crippen LogP contribution >= 0.6 is 11.8 Å². The maximum atomic E-state index is 11.4. The minimum absolute atomic E-state index is 0.00593. The summed E-state index contributed by atoms with van der Waals surface area (Å²) in [6, 6.07) is 5.74. The highest BCUT2D eigenvalue weighted by atomic mass is 32.2. The third kappa shape index (κ3) is 1.88. The molecule has 0 amide bonds. The number of carbonyl (C=O) groups is 1. The van der Waals surface area contributed by atoms with E-state index in [0.29, 0.717) is 5.70 Å². The van der Waals surface area contributed by atoms with E-state index in [0.717, 1.165) is 17.1 Å². The highest BCUT2D eigenvalue weighted by molar-refractivity contribution is 8.02. The molecule has 0 radical (unpaired) electrons. The Morgan fingerprint density at radius 3 is 3.11 bits per heavy atom. The van der Waals surface area contributed by atoms with E-state index in [2.05, 4.69) is 10.1 Å². The molecule has 1 aromatic rings.